The van der Waals surface area contributed by atoms with Crippen molar-refractivity contribution in [2.75, 3.05) is 35.4 Å². The van der Waals surface area contributed by atoms with Gasteiger partial charge >= 0.3 is 11.9 Å². The lowest BCUT2D eigenvalue weighted by Gasteiger charge is -2.45. The predicted molar refractivity (Wildman–Crippen MR) is 225 cm³/mol. The SMILES string of the molecule is CC[C@H]1CCC[C@H](O[C@H]2CC[C@H](N(C)C)C(C)O2)[C@@H](C)C(=O)C2=C[C@H]3[C@@H]4C[C@H](O[C@@H]5OC(C)[C@H](OC)C(OC)C5OC)C[C@H]4C(n4cc(COC(C)=O)nn4)C(F)[C@H]3[C@@H]2CC(=O)O1. The van der Waals surface area contributed by atoms with E-state index in [0.29, 0.717) is 56.2 Å². The second-order valence-electron chi connectivity index (χ2n) is 19.0. The molecule has 0 spiro atoms. The number of fused-ring (bicyclic) bond motifs is 5. The molecule has 3 aliphatic carbocycles. The van der Waals surface area contributed by atoms with E-state index >= 15 is 9.18 Å². The van der Waals surface area contributed by atoms with Gasteiger partial charge in [0.25, 0.3) is 0 Å². The van der Waals surface area contributed by atoms with Crippen LogP contribution < -0.4 is 0 Å². The Labute approximate surface area is 371 Å². The van der Waals surface area contributed by atoms with E-state index in [0.717, 1.165) is 6.42 Å². The maximum atomic E-state index is 18.1. The molecule has 6 aliphatic rings. The van der Waals surface area contributed by atoms with Crippen molar-refractivity contribution in [1.82, 2.24) is 19.9 Å². The number of halogens is 1. The molecule has 16 nitrogen and oxygen atoms in total. The summed E-state index contributed by atoms with van der Waals surface area (Å²) in [5, 5.41) is 8.66. The Balaban J connectivity index is 1.22. The maximum Gasteiger partial charge on any atom is 0.306 e. The number of aromatic nitrogens is 3. The number of hydrogen-bond donors (Lipinski definition) is 0. The summed E-state index contributed by atoms with van der Waals surface area (Å²) < 4.78 is 74.7. The number of methoxy groups -OCH3 is 3. The van der Waals surface area contributed by atoms with Crippen LogP contribution in [0.25, 0.3) is 0 Å². The second kappa shape index (κ2) is 20.7. The topological polar surface area (TPSA) is 168 Å². The van der Waals surface area contributed by atoms with Crippen molar-refractivity contribution in [1.29, 1.82) is 0 Å². The summed E-state index contributed by atoms with van der Waals surface area (Å²) in [6, 6.07) is -0.565. The van der Waals surface area contributed by atoms with Gasteiger partial charge in [0.05, 0.1) is 43.1 Å². The van der Waals surface area contributed by atoms with Crippen LogP contribution in [-0.4, -0.2) is 147 Å². The molecular weight excluding hydrogens is 820 g/mol. The molecule has 7 rings (SSSR count). The molecule has 0 N–H and O–H groups in total. The highest BCUT2D eigenvalue weighted by Crippen LogP contribution is 2.60. The highest BCUT2D eigenvalue weighted by Gasteiger charge is 2.61. The molecular formula is C46H71FN4O12. The average molecular weight is 891 g/mol. The first-order valence-corrected chi connectivity index (χ1v) is 23.2. The Morgan fingerprint density at radius 1 is 0.937 bits per heavy atom. The molecule has 6 unspecified atom stereocenters. The van der Waals surface area contributed by atoms with E-state index in [4.69, 9.17) is 42.6 Å². The summed E-state index contributed by atoms with van der Waals surface area (Å²) in [4.78, 5) is 42.8. The Hall–Kier alpha value is -2.90. The minimum absolute atomic E-state index is 0.0496. The van der Waals surface area contributed by atoms with Crippen molar-refractivity contribution in [2.45, 2.75) is 179 Å². The second-order valence-corrected chi connectivity index (χ2v) is 19.0. The zero-order valence-electron chi connectivity index (χ0n) is 38.8. The van der Waals surface area contributed by atoms with Gasteiger partial charge in [0.2, 0.25) is 0 Å². The fourth-order valence-electron chi connectivity index (χ4n) is 12.0. The van der Waals surface area contributed by atoms with Gasteiger partial charge in [0.1, 0.15) is 42.9 Å². The van der Waals surface area contributed by atoms with Crippen LogP contribution in [0.15, 0.2) is 17.8 Å². The highest BCUT2D eigenvalue weighted by molar-refractivity contribution is 5.99. The minimum Gasteiger partial charge on any atom is -0.462 e. The van der Waals surface area contributed by atoms with Crippen LogP contribution in [0.3, 0.4) is 0 Å². The Morgan fingerprint density at radius 3 is 2.33 bits per heavy atom. The molecule has 0 aromatic carbocycles. The Morgan fingerprint density at radius 2 is 1.67 bits per heavy atom. The number of ether oxygens (including phenoxy) is 9. The quantitative estimate of drug-likeness (QED) is 0.252. The molecule has 0 bridgehead atoms. The van der Waals surface area contributed by atoms with Crippen molar-refractivity contribution in [2.24, 2.45) is 35.5 Å². The van der Waals surface area contributed by atoms with Gasteiger partial charge in [-0.25, -0.2) is 9.07 Å². The third-order valence-electron chi connectivity index (χ3n) is 15.1. The molecule has 3 saturated heterocycles. The molecule has 0 amide bonds. The molecule has 19 atom stereocenters. The van der Waals surface area contributed by atoms with Gasteiger partial charge in [-0.1, -0.05) is 25.1 Å². The lowest BCUT2D eigenvalue weighted by Crippen LogP contribution is -2.59. The van der Waals surface area contributed by atoms with Crippen molar-refractivity contribution in [3.05, 3.63) is 23.5 Å². The van der Waals surface area contributed by atoms with Crippen LogP contribution in [-0.2, 0) is 63.6 Å². The molecule has 4 heterocycles. The minimum atomic E-state index is -1.55. The Bertz CT molecular complexity index is 1760. The lowest BCUT2D eigenvalue weighted by atomic mass is 9.63. The first-order valence-electron chi connectivity index (χ1n) is 23.2. The molecule has 354 valence electrons. The molecule has 1 aromatic heterocycles. The predicted octanol–water partition coefficient (Wildman–Crippen LogP) is 5.17. The number of cyclic esters (lactones) is 1. The van der Waals surface area contributed by atoms with Crippen molar-refractivity contribution < 1.29 is 61.4 Å². The number of Topliss-reactive ketones (excluding diaryl/α,β-unsaturated/α-hetero) is 1. The summed E-state index contributed by atoms with van der Waals surface area (Å²) in [5.41, 5.74) is 0.835. The summed E-state index contributed by atoms with van der Waals surface area (Å²) in [5.74, 6) is -4.01. The van der Waals surface area contributed by atoms with Crippen LogP contribution in [0.1, 0.15) is 104 Å². The van der Waals surface area contributed by atoms with E-state index in [2.05, 4.69) is 36.2 Å². The smallest absolute Gasteiger partial charge is 0.306 e. The molecule has 3 aliphatic heterocycles. The van der Waals surface area contributed by atoms with Crippen molar-refractivity contribution >= 4 is 17.7 Å². The average Bonchev–Trinajstić information content (AvgIpc) is 3.98. The summed E-state index contributed by atoms with van der Waals surface area (Å²) in [6.07, 6.45) is 2.72. The number of likely N-dealkylation sites (N-methyl/N-ethyl adjacent to an activating group) is 1. The zero-order valence-corrected chi connectivity index (χ0v) is 38.8. The van der Waals surface area contributed by atoms with Gasteiger partial charge in [-0.2, -0.15) is 0 Å². The van der Waals surface area contributed by atoms with Crippen molar-refractivity contribution in [3.8, 4) is 0 Å². The van der Waals surface area contributed by atoms with E-state index in [1.165, 1.54) is 6.92 Å². The van der Waals surface area contributed by atoms with E-state index in [9.17, 15) is 9.59 Å². The third kappa shape index (κ3) is 10.1. The van der Waals surface area contributed by atoms with Gasteiger partial charge in [0.15, 0.2) is 18.4 Å². The number of allylic oxidation sites excluding steroid dienone is 2. The first kappa shape index (κ1) is 48.0. The largest absolute Gasteiger partial charge is 0.462 e. The van der Waals surface area contributed by atoms with Gasteiger partial charge in [-0.15, -0.1) is 5.10 Å². The summed E-state index contributed by atoms with van der Waals surface area (Å²) in [6.45, 7) is 9.06. The van der Waals surface area contributed by atoms with E-state index < -0.39 is 78.7 Å². The zero-order chi connectivity index (χ0) is 45.3. The molecule has 1 aromatic rings. The van der Waals surface area contributed by atoms with E-state index in [1.54, 1.807) is 32.2 Å². The number of nitrogens with zero attached hydrogens (tertiary/aromatic N) is 4. The van der Waals surface area contributed by atoms with E-state index in [-0.39, 0.29) is 67.2 Å². The Kier molecular flexibility index (Phi) is 15.8. The van der Waals surface area contributed by atoms with Crippen LogP contribution in [0.4, 0.5) is 4.39 Å². The number of rotatable bonds is 12. The highest BCUT2D eigenvalue weighted by atomic mass is 19.1. The fourth-order valence-corrected chi connectivity index (χ4v) is 12.0. The monoisotopic (exact) mass is 891 g/mol. The summed E-state index contributed by atoms with van der Waals surface area (Å²) in [7, 11) is 8.89. The molecule has 17 heteroatoms. The molecule has 63 heavy (non-hydrogen) atoms. The maximum absolute atomic E-state index is 18.1. The number of esters is 2. The number of ketones is 1. The van der Waals surface area contributed by atoms with Crippen molar-refractivity contribution in [3.63, 3.8) is 0 Å². The van der Waals surface area contributed by atoms with Gasteiger partial charge in [-0.3, -0.25) is 14.4 Å². The van der Waals surface area contributed by atoms with E-state index in [1.807, 2.05) is 26.8 Å². The van der Waals surface area contributed by atoms with Gasteiger partial charge in [-0.05, 0) is 103 Å². The lowest BCUT2D eigenvalue weighted by molar-refractivity contribution is -0.314. The van der Waals surface area contributed by atoms with Crippen LogP contribution >= 0.6 is 0 Å². The number of alkyl halides is 1. The summed E-state index contributed by atoms with van der Waals surface area (Å²) >= 11 is 0. The van der Waals surface area contributed by atoms with Crippen LogP contribution in [0.5, 0.6) is 0 Å². The molecule has 0 radical (unpaired) electrons. The number of carbonyl (C=O) groups excluding carboxylic acids is 3. The molecule has 2 saturated carbocycles. The van der Waals surface area contributed by atoms with Gasteiger partial charge < -0.3 is 47.5 Å². The van der Waals surface area contributed by atoms with Crippen LogP contribution in [0.2, 0.25) is 0 Å². The molecule has 5 fully saturated rings. The number of carbonyl (C=O) groups is 3. The van der Waals surface area contributed by atoms with Gasteiger partial charge in [0, 0.05) is 52.0 Å². The first-order chi connectivity index (χ1) is 30.2. The fraction of sp³-hybridized carbons (Fsp3) is 0.848. The number of hydrogen-bond acceptors (Lipinski definition) is 15. The standard InChI is InChI=1S/C46H71FN4O12/c1-11-28-13-12-14-36(63-38-16-15-35(50(6)7)24(3)59-38)23(2)42(54)34-19-31-30-17-29(62-46-45(57-10)44(56-9)43(55-8)25(4)60-46)18-33(30)41(40(47)39(31)32(34)20-37(53)61-28)51-21-27(48-49-51)22-58-26(5)52/h19,21,23-25,28-33,35-36,38-41,43-46H,11-18,20,22H2,1-10H3/t23-,24?,25?,28+,29+,30+,31+,32-,33-,35+,36+,38+,39-,40?,41?,43+,44?,45?,46+/m1/s1. The third-order valence-corrected chi connectivity index (χ3v) is 15.1. The normalized spacial score (nSPS) is 42.3. The van der Waals surface area contributed by atoms with Crippen LogP contribution in [0, 0.1) is 35.5 Å².